The molecule has 17 heavy (non-hydrogen) atoms. The highest BCUT2D eigenvalue weighted by Gasteiger charge is 2.33. The number of hydrogen-bond acceptors (Lipinski definition) is 4. The Balaban J connectivity index is 2.29. The Labute approximate surface area is 109 Å². The van der Waals surface area contributed by atoms with Gasteiger partial charge in [-0.1, -0.05) is 18.2 Å². The number of esters is 2. The number of benzene rings is 1. The van der Waals surface area contributed by atoms with Crippen molar-refractivity contribution in [1.82, 2.24) is 0 Å². The maximum Gasteiger partial charge on any atom is 0.354 e. The van der Waals surface area contributed by atoms with Gasteiger partial charge < -0.3 is 4.74 Å². The summed E-state index contributed by atoms with van der Waals surface area (Å²) in [6, 6.07) is 7.73. The van der Waals surface area contributed by atoms with Crippen LogP contribution in [-0.4, -0.2) is 11.9 Å². The average Bonchev–Trinajstić information content (AvgIpc) is 2.82. The lowest BCUT2D eigenvalue weighted by atomic mass is 10.1. The standard InChI is InChI=1S/C12H5BrO3S/c13-10-9(11(14)16-12(10)15)7-5-17-8-4-2-1-3-6(7)8/h1-5H. The largest absolute Gasteiger partial charge is 0.385 e. The molecule has 0 bridgehead atoms. The number of cyclic esters (lactones) is 2. The van der Waals surface area contributed by atoms with Crippen LogP contribution in [0.25, 0.3) is 15.7 Å². The van der Waals surface area contributed by atoms with Gasteiger partial charge >= 0.3 is 11.9 Å². The van der Waals surface area contributed by atoms with Crippen LogP contribution in [0.15, 0.2) is 34.1 Å². The van der Waals surface area contributed by atoms with Crippen molar-refractivity contribution in [1.29, 1.82) is 0 Å². The van der Waals surface area contributed by atoms with Gasteiger partial charge in [0.05, 0.1) is 5.57 Å². The van der Waals surface area contributed by atoms with Crippen molar-refractivity contribution in [2.75, 3.05) is 0 Å². The van der Waals surface area contributed by atoms with E-state index in [4.69, 9.17) is 0 Å². The SMILES string of the molecule is O=C1OC(=O)C(c2csc3ccccc23)=C1Br. The third kappa shape index (κ3) is 1.54. The minimum absolute atomic E-state index is 0.200. The molecule has 0 radical (unpaired) electrons. The van der Waals surface area contributed by atoms with Crippen LogP contribution in [0, 0.1) is 0 Å². The minimum atomic E-state index is -0.625. The zero-order valence-electron chi connectivity index (χ0n) is 8.40. The van der Waals surface area contributed by atoms with E-state index in [1.165, 1.54) is 11.3 Å². The molecule has 1 aromatic carbocycles. The second-order valence-corrected chi connectivity index (χ2v) is 5.22. The molecule has 3 rings (SSSR count). The highest BCUT2D eigenvalue weighted by molar-refractivity contribution is 9.12. The number of fused-ring (bicyclic) bond motifs is 1. The summed E-state index contributed by atoms with van der Waals surface area (Å²) >= 11 is 4.64. The summed E-state index contributed by atoms with van der Waals surface area (Å²) in [4.78, 5) is 22.9. The number of rotatable bonds is 1. The van der Waals surface area contributed by atoms with Gasteiger partial charge in [-0.15, -0.1) is 11.3 Å². The fraction of sp³-hybridized carbons (Fsp3) is 0. The molecular formula is C12H5BrO3S. The number of ether oxygens (including phenoxy) is 1. The molecule has 3 nitrogen and oxygen atoms in total. The van der Waals surface area contributed by atoms with Crippen molar-refractivity contribution in [2.24, 2.45) is 0 Å². The number of hydrogen-bond donors (Lipinski definition) is 0. The predicted octanol–water partition coefficient (Wildman–Crippen LogP) is 3.09. The first-order valence-electron chi connectivity index (χ1n) is 4.81. The number of carbonyl (C=O) groups is 2. The van der Waals surface area contributed by atoms with Crippen LogP contribution < -0.4 is 0 Å². The fourth-order valence-corrected chi connectivity index (χ4v) is 3.18. The van der Waals surface area contributed by atoms with E-state index in [-0.39, 0.29) is 4.48 Å². The predicted molar refractivity (Wildman–Crippen MR) is 68.8 cm³/mol. The summed E-state index contributed by atoms with van der Waals surface area (Å²) in [6.45, 7) is 0. The van der Waals surface area contributed by atoms with Crippen molar-refractivity contribution in [2.45, 2.75) is 0 Å². The second-order valence-electron chi connectivity index (χ2n) is 3.51. The van der Waals surface area contributed by atoms with Crippen molar-refractivity contribution in [3.05, 3.63) is 39.7 Å². The Morgan fingerprint density at radius 1 is 1.12 bits per heavy atom. The molecule has 5 heteroatoms. The lowest BCUT2D eigenvalue weighted by Crippen LogP contribution is -2.01. The van der Waals surface area contributed by atoms with Crippen molar-refractivity contribution in [3.63, 3.8) is 0 Å². The molecule has 0 saturated heterocycles. The van der Waals surface area contributed by atoms with E-state index in [9.17, 15) is 9.59 Å². The van der Waals surface area contributed by atoms with E-state index in [2.05, 4.69) is 20.7 Å². The quantitative estimate of drug-likeness (QED) is 0.600. The first kappa shape index (κ1) is 10.7. The Morgan fingerprint density at radius 2 is 1.88 bits per heavy atom. The van der Waals surface area contributed by atoms with E-state index in [1.807, 2.05) is 29.6 Å². The van der Waals surface area contributed by atoms with E-state index in [1.54, 1.807) is 0 Å². The molecule has 0 aliphatic carbocycles. The Kier molecular flexibility index (Phi) is 2.38. The van der Waals surface area contributed by atoms with Gasteiger partial charge in [0, 0.05) is 21.0 Å². The van der Waals surface area contributed by atoms with Gasteiger partial charge in [0.1, 0.15) is 4.48 Å². The fourth-order valence-electron chi connectivity index (χ4n) is 1.77. The van der Waals surface area contributed by atoms with Gasteiger partial charge in [-0.2, -0.15) is 0 Å². The van der Waals surface area contributed by atoms with Crippen LogP contribution in [0.3, 0.4) is 0 Å². The van der Waals surface area contributed by atoms with Crippen LogP contribution in [0.5, 0.6) is 0 Å². The van der Waals surface area contributed by atoms with Gasteiger partial charge in [-0.05, 0) is 22.0 Å². The molecule has 0 fully saturated rings. The summed E-state index contributed by atoms with van der Waals surface area (Å²) in [5, 5.41) is 2.82. The molecule has 0 spiro atoms. The highest BCUT2D eigenvalue weighted by Crippen LogP contribution is 2.37. The molecule has 0 amide bonds. The molecule has 0 unspecified atom stereocenters. The number of halogens is 1. The van der Waals surface area contributed by atoms with E-state index >= 15 is 0 Å². The molecule has 1 aliphatic heterocycles. The van der Waals surface area contributed by atoms with Crippen molar-refractivity contribution < 1.29 is 14.3 Å². The van der Waals surface area contributed by atoms with Gasteiger partial charge in [0.25, 0.3) is 0 Å². The molecule has 2 heterocycles. The van der Waals surface area contributed by atoms with E-state index in [0.717, 1.165) is 15.6 Å². The van der Waals surface area contributed by atoms with Gasteiger partial charge in [-0.25, -0.2) is 9.59 Å². The topological polar surface area (TPSA) is 43.4 Å². The molecule has 0 atom stereocenters. The van der Waals surface area contributed by atoms with Crippen LogP contribution in [0.4, 0.5) is 0 Å². The van der Waals surface area contributed by atoms with Crippen LogP contribution in [0.1, 0.15) is 5.56 Å². The Bertz CT molecular complexity index is 684. The molecular weight excluding hydrogens is 304 g/mol. The molecule has 0 N–H and O–H groups in total. The van der Waals surface area contributed by atoms with Crippen molar-refractivity contribution in [3.8, 4) is 0 Å². The maximum atomic E-state index is 11.6. The monoisotopic (exact) mass is 308 g/mol. The molecule has 1 aromatic heterocycles. The van der Waals surface area contributed by atoms with Gasteiger partial charge in [0.15, 0.2) is 0 Å². The van der Waals surface area contributed by atoms with E-state index in [0.29, 0.717) is 5.57 Å². The molecule has 2 aromatic rings. The molecule has 84 valence electrons. The summed E-state index contributed by atoms with van der Waals surface area (Å²) in [7, 11) is 0. The Morgan fingerprint density at radius 3 is 2.59 bits per heavy atom. The number of thiophene rings is 1. The second kappa shape index (κ2) is 3.78. The van der Waals surface area contributed by atoms with Crippen LogP contribution in [0.2, 0.25) is 0 Å². The minimum Gasteiger partial charge on any atom is -0.385 e. The normalized spacial score (nSPS) is 15.8. The third-order valence-electron chi connectivity index (χ3n) is 2.54. The number of carbonyl (C=O) groups excluding carboxylic acids is 2. The van der Waals surface area contributed by atoms with Crippen molar-refractivity contribution >= 4 is 54.9 Å². The van der Waals surface area contributed by atoms with Gasteiger partial charge in [-0.3, -0.25) is 0 Å². The lowest BCUT2D eigenvalue weighted by molar-refractivity contribution is -0.149. The van der Waals surface area contributed by atoms with Crippen LogP contribution in [-0.2, 0) is 14.3 Å². The molecule has 1 aliphatic rings. The summed E-state index contributed by atoms with van der Waals surface area (Å²) in [5.41, 5.74) is 1.06. The van der Waals surface area contributed by atoms with Gasteiger partial charge in [0.2, 0.25) is 0 Å². The zero-order chi connectivity index (χ0) is 12.0. The zero-order valence-corrected chi connectivity index (χ0v) is 10.8. The third-order valence-corrected chi connectivity index (χ3v) is 4.22. The smallest absolute Gasteiger partial charge is 0.354 e. The maximum absolute atomic E-state index is 11.6. The van der Waals surface area contributed by atoms with E-state index < -0.39 is 11.9 Å². The summed E-state index contributed by atoms with van der Waals surface area (Å²) < 4.78 is 5.84. The molecule has 0 saturated carbocycles. The lowest BCUT2D eigenvalue weighted by Gasteiger charge is -1.97. The van der Waals surface area contributed by atoms with Crippen LogP contribution >= 0.6 is 27.3 Å². The summed E-state index contributed by atoms with van der Waals surface area (Å²) in [5.74, 6) is -1.22. The summed E-state index contributed by atoms with van der Waals surface area (Å²) in [6.07, 6.45) is 0. The first-order chi connectivity index (χ1) is 8.18. The highest BCUT2D eigenvalue weighted by atomic mass is 79.9. The average molecular weight is 309 g/mol. The first-order valence-corrected chi connectivity index (χ1v) is 6.48. The Hall–Kier alpha value is -1.46.